The van der Waals surface area contributed by atoms with Gasteiger partial charge in [-0.05, 0) is 12.3 Å². The van der Waals surface area contributed by atoms with Crippen LogP contribution in [0.1, 0.15) is 5.89 Å². The van der Waals surface area contributed by atoms with E-state index >= 15 is 0 Å². The van der Waals surface area contributed by atoms with Crippen LogP contribution in [0.3, 0.4) is 0 Å². The third-order valence-corrected chi connectivity index (χ3v) is 3.72. The Morgan fingerprint density at radius 2 is 2.15 bits per heavy atom. The third-order valence-electron chi connectivity index (χ3n) is 2.92. The number of rotatable bonds is 8. The second-order valence-electron chi connectivity index (χ2n) is 4.31. The van der Waals surface area contributed by atoms with Crippen LogP contribution in [0.15, 0.2) is 39.8 Å². The summed E-state index contributed by atoms with van der Waals surface area (Å²) in [5, 5.41) is 3.28. The molecule has 20 heavy (non-hydrogen) atoms. The fourth-order valence-electron chi connectivity index (χ4n) is 1.89. The number of nitrogens with one attached hydrogen (secondary N) is 1. The fraction of sp³-hybridized carbons (Fsp3) is 0.400. The lowest BCUT2D eigenvalue weighted by Gasteiger charge is -2.03. The van der Waals surface area contributed by atoms with E-state index in [9.17, 15) is 0 Å². The normalized spacial score (nSPS) is 10.9. The molecule has 1 aromatic heterocycles. The van der Waals surface area contributed by atoms with Crippen molar-refractivity contribution in [1.29, 1.82) is 0 Å². The van der Waals surface area contributed by atoms with E-state index in [0.29, 0.717) is 0 Å². The SMILES string of the molecule is COCCNCCc1ncc(-c2ccccc2SC)o1. The lowest BCUT2D eigenvalue weighted by molar-refractivity contribution is 0.199. The lowest BCUT2D eigenvalue weighted by atomic mass is 10.2. The van der Waals surface area contributed by atoms with E-state index in [-0.39, 0.29) is 0 Å². The Labute approximate surface area is 123 Å². The van der Waals surface area contributed by atoms with Crippen molar-refractivity contribution in [2.75, 3.05) is 33.1 Å². The molecular weight excluding hydrogens is 272 g/mol. The van der Waals surface area contributed by atoms with Crippen molar-refractivity contribution in [2.45, 2.75) is 11.3 Å². The van der Waals surface area contributed by atoms with Crippen molar-refractivity contribution < 1.29 is 9.15 Å². The van der Waals surface area contributed by atoms with Crippen molar-refractivity contribution in [1.82, 2.24) is 10.3 Å². The number of hydrogen-bond donors (Lipinski definition) is 1. The number of benzene rings is 1. The summed E-state index contributed by atoms with van der Waals surface area (Å²) in [6.07, 6.45) is 4.65. The van der Waals surface area contributed by atoms with E-state index in [1.54, 1.807) is 25.1 Å². The smallest absolute Gasteiger partial charge is 0.196 e. The first kappa shape index (κ1) is 15.1. The molecule has 0 bridgehead atoms. The van der Waals surface area contributed by atoms with Gasteiger partial charge in [0.2, 0.25) is 0 Å². The first-order valence-corrected chi connectivity index (χ1v) is 7.85. The number of methoxy groups -OCH3 is 1. The predicted octanol–water partition coefficient (Wildman–Crippen LogP) is 2.84. The van der Waals surface area contributed by atoms with Gasteiger partial charge >= 0.3 is 0 Å². The molecular formula is C15H20N2O2S. The average Bonchev–Trinajstić information content (AvgIpc) is 2.95. The van der Waals surface area contributed by atoms with E-state index in [1.165, 1.54) is 4.90 Å². The van der Waals surface area contributed by atoms with Crippen molar-refractivity contribution in [2.24, 2.45) is 0 Å². The molecule has 0 aliphatic heterocycles. The van der Waals surface area contributed by atoms with Crippen molar-refractivity contribution in [3.05, 3.63) is 36.4 Å². The molecule has 2 aromatic rings. The van der Waals surface area contributed by atoms with Gasteiger partial charge in [-0.25, -0.2) is 4.98 Å². The minimum Gasteiger partial charge on any atom is -0.441 e. The summed E-state index contributed by atoms with van der Waals surface area (Å²) in [7, 11) is 1.70. The van der Waals surface area contributed by atoms with Gasteiger partial charge in [-0.3, -0.25) is 0 Å². The second-order valence-corrected chi connectivity index (χ2v) is 5.16. The van der Waals surface area contributed by atoms with Crippen LogP contribution in [-0.4, -0.2) is 38.0 Å². The van der Waals surface area contributed by atoms with E-state index in [0.717, 1.165) is 43.3 Å². The molecule has 0 aliphatic rings. The summed E-state index contributed by atoms with van der Waals surface area (Å²) >= 11 is 1.71. The molecule has 0 atom stereocenters. The molecule has 108 valence electrons. The molecule has 1 heterocycles. The number of nitrogens with zero attached hydrogens (tertiary/aromatic N) is 1. The molecule has 4 nitrogen and oxygen atoms in total. The zero-order chi connectivity index (χ0) is 14.2. The molecule has 0 saturated heterocycles. The number of oxazole rings is 1. The first-order valence-electron chi connectivity index (χ1n) is 6.63. The van der Waals surface area contributed by atoms with E-state index in [4.69, 9.17) is 9.15 Å². The van der Waals surface area contributed by atoms with Gasteiger partial charge in [0.25, 0.3) is 0 Å². The molecule has 0 unspecified atom stereocenters. The zero-order valence-electron chi connectivity index (χ0n) is 11.9. The Hall–Kier alpha value is -1.30. The standard InChI is InChI=1S/C15H20N2O2S/c1-18-10-9-16-8-7-15-17-11-13(19-15)12-5-3-4-6-14(12)20-2/h3-6,11,16H,7-10H2,1-2H3. The topological polar surface area (TPSA) is 47.3 Å². The summed E-state index contributed by atoms with van der Waals surface area (Å²) in [5.74, 6) is 1.60. The number of aromatic nitrogens is 1. The zero-order valence-corrected chi connectivity index (χ0v) is 12.7. The minimum absolute atomic E-state index is 0.720. The van der Waals surface area contributed by atoms with Crippen molar-refractivity contribution in [3.63, 3.8) is 0 Å². The summed E-state index contributed by atoms with van der Waals surface area (Å²) in [4.78, 5) is 5.54. The van der Waals surface area contributed by atoms with Crippen molar-refractivity contribution in [3.8, 4) is 11.3 Å². The maximum absolute atomic E-state index is 5.82. The van der Waals surface area contributed by atoms with Gasteiger partial charge < -0.3 is 14.5 Å². The predicted molar refractivity (Wildman–Crippen MR) is 82.2 cm³/mol. The van der Waals surface area contributed by atoms with Crippen LogP contribution < -0.4 is 5.32 Å². The average molecular weight is 292 g/mol. The molecule has 1 aromatic carbocycles. The summed E-state index contributed by atoms with van der Waals surface area (Å²) in [6.45, 7) is 2.41. The van der Waals surface area contributed by atoms with Gasteiger partial charge in [-0.15, -0.1) is 11.8 Å². The van der Waals surface area contributed by atoms with Gasteiger partial charge in [0.15, 0.2) is 11.7 Å². The maximum atomic E-state index is 5.82. The Balaban J connectivity index is 1.95. The highest BCUT2D eigenvalue weighted by Gasteiger charge is 2.09. The summed E-state index contributed by atoms with van der Waals surface area (Å²) in [6, 6.07) is 8.21. The molecule has 0 spiro atoms. The molecule has 0 radical (unpaired) electrons. The van der Waals surface area contributed by atoms with Gasteiger partial charge in [-0.1, -0.05) is 18.2 Å². The van der Waals surface area contributed by atoms with Gasteiger partial charge in [0, 0.05) is 37.1 Å². The molecule has 0 aliphatic carbocycles. The Bertz CT molecular complexity index is 528. The second kappa shape index (κ2) is 8.09. The fourth-order valence-corrected chi connectivity index (χ4v) is 2.50. The Kier molecular flexibility index (Phi) is 6.11. The van der Waals surface area contributed by atoms with E-state index in [1.807, 2.05) is 12.1 Å². The Morgan fingerprint density at radius 1 is 1.30 bits per heavy atom. The van der Waals surface area contributed by atoms with Gasteiger partial charge in [0.1, 0.15) is 0 Å². The lowest BCUT2D eigenvalue weighted by Crippen LogP contribution is -2.21. The first-order chi connectivity index (χ1) is 9.85. The third kappa shape index (κ3) is 4.10. The Morgan fingerprint density at radius 3 is 2.95 bits per heavy atom. The van der Waals surface area contributed by atoms with Crippen LogP contribution in [-0.2, 0) is 11.2 Å². The molecule has 1 N–H and O–H groups in total. The van der Waals surface area contributed by atoms with Gasteiger partial charge in [0.05, 0.1) is 12.8 Å². The monoisotopic (exact) mass is 292 g/mol. The highest BCUT2D eigenvalue weighted by Crippen LogP contribution is 2.30. The summed E-state index contributed by atoms with van der Waals surface area (Å²) in [5.41, 5.74) is 1.10. The number of hydrogen-bond acceptors (Lipinski definition) is 5. The molecule has 5 heteroatoms. The van der Waals surface area contributed by atoms with Crippen LogP contribution >= 0.6 is 11.8 Å². The van der Waals surface area contributed by atoms with Crippen LogP contribution in [0.4, 0.5) is 0 Å². The van der Waals surface area contributed by atoms with E-state index in [2.05, 4.69) is 28.7 Å². The molecule has 0 fully saturated rings. The number of ether oxygens (including phenoxy) is 1. The van der Waals surface area contributed by atoms with Crippen molar-refractivity contribution >= 4 is 11.8 Å². The molecule has 2 rings (SSSR count). The van der Waals surface area contributed by atoms with Crippen LogP contribution in [0.25, 0.3) is 11.3 Å². The minimum atomic E-state index is 0.720. The van der Waals surface area contributed by atoms with Crippen LogP contribution in [0.5, 0.6) is 0 Å². The maximum Gasteiger partial charge on any atom is 0.196 e. The van der Waals surface area contributed by atoms with E-state index < -0.39 is 0 Å². The number of thioether (sulfide) groups is 1. The molecule has 0 amide bonds. The quantitative estimate of drug-likeness (QED) is 0.599. The summed E-state index contributed by atoms with van der Waals surface area (Å²) < 4.78 is 10.8. The van der Waals surface area contributed by atoms with Crippen LogP contribution in [0, 0.1) is 0 Å². The van der Waals surface area contributed by atoms with Crippen LogP contribution in [0.2, 0.25) is 0 Å². The largest absolute Gasteiger partial charge is 0.441 e. The highest BCUT2D eigenvalue weighted by molar-refractivity contribution is 7.98. The highest BCUT2D eigenvalue weighted by atomic mass is 32.2. The van der Waals surface area contributed by atoms with Gasteiger partial charge in [-0.2, -0.15) is 0 Å². The molecule has 0 saturated carbocycles.